The highest BCUT2D eigenvalue weighted by molar-refractivity contribution is 5.91. The molecule has 4 rings (SSSR count). The van der Waals surface area contributed by atoms with E-state index < -0.39 is 0 Å². The van der Waals surface area contributed by atoms with Crippen LogP contribution in [-0.2, 0) is 9.59 Å². The summed E-state index contributed by atoms with van der Waals surface area (Å²) >= 11 is 0. The SMILES string of the molecule is O=C(CC(CC(=O)Nc1ccccn1)c1ccccc1)NCCCNc1n[nH]c(=O)c2ccccc12. The number of pyridine rings is 1. The van der Waals surface area contributed by atoms with E-state index >= 15 is 0 Å². The van der Waals surface area contributed by atoms with Gasteiger partial charge in [-0.15, -0.1) is 0 Å². The number of H-pyrrole nitrogens is 1. The van der Waals surface area contributed by atoms with Crippen LogP contribution >= 0.6 is 0 Å². The molecule has 1 unspecified atom stereocenters. The molecule has 2 aromatic carbocycles. The number of carbonyl (C=O) groups is 2. The van der Waals surface area contributed by atoms with Crippen LogP contribution in [0.2, 0.25) is 0 Å². The van der Waals surface area contributed by atoms with Crippen LogP contribution in [0.1, 0.15) is 30.7 Å². The lowest BCUT2D eigenvalue weighted by Crippen LogP contribution is -2.28. The minimum atomic E-state index is -0.259. The van der Waals surface area contributed by atoms with Crippen molar-refractivity contribution < 1.29 is 9.59 Å². The van der Waals surface area contributed by atoms with Crippen molar-refractivity contribution in [3.05, 3.63) is 94.9 Å². The second kappa shape index (κ2) is 12.3. The number of hydrogen-bond acceptors (Lipinski definition) is 6. The van der Waals surface area contributed by atoms with Crippen molar-refractivity contribution in [2.24, 2.45) is 0 Å². The van der Waals surface area contributed by atoms with Crippen LogP contribution < -0.4 is 21.5 Å². The van der Waals surface area contributed by atoms with Crippen LogP contribution in [0.4, 0.5) is 11.6 Å². The maximum absolute atomic E-state index is 12.7. The van der Waals surface area contributed by atoms with E-state index in [1.54, 1.807) is 30.5 Å². The molecule has 0 fully saturated rings. The molecule has 2 heterocycles. The standard InChI is InChI=1S/C27H28N6O3/c34-24(29-15-8-16-30-26-21-11-4-5-12-22(21)27(36)33-32-26)17-20(19-9-2-1-3-10-19)18-25(35)31-23-13-6-7-14-28-23/h1-7,9-14,20H,8,15-18H2,(H,29,34)(H,30,32)(H,33,36)(H,28,31,35). The molecule has 9 nitrogen and oxygen atoms in total. The molecule has 0 saturated carbocycles. The number of carbonyl (C=O) groups excluding carboxylic acids is 2. The van der Waals surface area contributed by atoms with Crippen molar-refractivity contribution in [1.29, 1.82) is 0 Å². The first-order valence-corrected chi connectivity index (χ1v) is 11.8. The topological polar surface area (TPSA) is 129 Å². The number of amides is 2. The Hall–Kier alpha value is -4.53. The predicted molar refractivity (Wildman–Crippen MR) is 140 cm³/mol. The van der Waals surface area contributed by atoms with Gasteiger partial charge in [0, 0.05) is 43.4 Å². The number of rotatable bonds is 11. The molecule has 0 spiro atoms. The molecule has 1 atom stereocenters. The van der Waals surface area contributed by atoms with E-state index in [0.29, 0.717) is 36.5 Å². The van der Waals surface area contributed by atoms with E-state index in [4.69, 9.17) is 0 Å². The van der Waals surface area contributed by atoms with E-state index in [2.05, 4.69) is 31.1 Å². The highest BCUT2D eigenvalue weighted by Crippen LogP contribution is 2.24. The third-order valence-electron chi connectivity index (χ3n) is 5.73. The lowest BCUT2D eigenvalue weighted by molar-refractivity contribution is -0.121. The first-order valence-electron chi connectivity index (χ1n) is 11.8. The summed E-state index contributed by atoms with van der Waals surface area (Å²) in [5, 5.41) is 16.8. The summed E-state index contributed by atoms with van der Waals surface area (Å²) in [5.41, 5.74) is 0.701. The molecule has 4 aromatic rings. The normalized spacial score (nSPS) is 11.6. The summed E-state index contributed by atoms with van der Waals surface area (Å²) in [6.45, 7) is 1.03. The third kappa shape index (κ3) is 6.75. The molecular weight excluding hydrogens is 456 g/mol. The monoisotopic (exact) mass is 484 g/mol. The van der Waals surface area contributed by atoms with Crippen LogP contribution in [0, 0.1) is 0 Å². The Morgan fingerprint density at radius 3 is 2.33 bits per heavy atom. The average Bonchev–Trinajstić information content (AvgIpc) is 2.90. The van der Waals surface area contributed by atoms with E-state index in [1.165, 1.54) is 0 Å². The number of aromatic nitrogens is 3. The average molecular weight is 485 g/mol. The number of benzene rings is 2. The van der Waals surface area contributed by atoms with Gasteiger partial charge in [-0.3, -0.25) is 14.4 Å². The van der Waals surface area contributed by atoms with Gasteiger partial charge in [0.2, 0.25) is 11.8 Å². The molecule has 0 aliphatic heterocycles. The lowest BCUT2D eigenvalue weighted by Gasteiger charge is -2.17. The van der Waals surface area contributed by atoms with Crippen LogP contribution in [0.5, 0.6) is 0 Å². The number of aromatic amines is 1. The van der Waals surface area contributed by atoms with Gasteiger partial charge < -0.3 is 16.0 Å². The van der Waals surface area contributed by atoms with E-state index in [9.17, 15) is 14.4 Å². The fraction of sp³-hybridized carbons (Fsp3) is 0.222. The Balaban J connectivity index is 1.27. The maximum atomic E-state index is 12.7. The number of fused-ring (bicyclic) bond motifs is 1. The van der Waals surface area contributed by atoms with Gasteiger partial charge in [-0.05, 0) is 30.2 Å². The van der Waals surface area contributed by atoms with Crippen molar-refractivity contribution in [1.82, 2.24) is 20.5 Å². The summed E-state index contributed by atoms with van der Waals surface area (Å²) < 4.78 is 0. The Morgan fingerprint density at radius 2 is 1.56 bits per heavy atom. The third-order valence-corrected chi connectivity index (χ3v) is 5.73. The zero-order valence-corrected chi connectivity index (χ0v) is 19.7. The fourth-order valence-corrected chi connectivity index (χ4v) is 3.96. The molecule has 2 aromatic heterocycles. The molecule has 4 N–H and O–H groups in total. The molecule has 184 valence electrons. The second-order valence-corrected chi connectivity index (χ2v) is 8.36. The van der Waals surface area contributed by atoms with E-state index in [1.807, 2.05) is 48.5 Å². The molecule has 0 bridgehead atoms. The van der Waals surface area contributed by atoms with Gasteiger partial charge in [-0.2, -0.15) is 5.10 Å². The second-order valence-electron chi connectivity index (χ2n) is 8.36. The van der Waals surface area contributed by atoms with Gasteiger partial charge in [0.25, 0.3) is 5.56 Å². The molecule has 9 heteroatoms. The molecular formula is C27H28N6O3. The molecule has 0 aliphatic carbocycles. The Morgan fingerprint density at radius 1 is 0.833 bits per heavy atom. The fourth-order valence-electron chi connectivity index (χ4n) is 3.96. The van der Waals surface area contributed by atoms with Crippen molar-refractivity contribution >= 4 is 34.2 Å². The molecule has 0 aliphatic rings. The zero-order chi connectivity index (χ0) is 25.2. The minimum absolute atomic E-state index is 0.123. The van der Waals surface area contributed by atoms with Crippen molar-refractivity contribution in [3.8, 4) is 0 Å². The van der Waals surface area contributed by atoms with Gasteiger partial charge >= 0.3 is 0 Å². The minimum Gasteiger partial charge on any atom is -0.368 e. The van der Waals surface area contributed by atoms with Crippen LogP contribution in [0.3, 0.4) is 0 Å². The van der Waals surface area contributed by atoms with Gasteiger partial charge in [0.1, 0.15) is 5.82 Å². The number of nitrogens with zero attached hydrogens (tertiary/aromatic N) is 2. The Kier molecular flexibility index (Phi) is 8.37. The van der Waals surface area contributed by atoms with Crippen LogP contribution in [0.15, 0.2) is 83.8 Å². The summed E-state index contributed by atoms with van der Waals surface area (Å²) in [7, 11) is 0. The summed E-state index contributed by atoms with van der Waals surface area (Å²) in [6.07, 6.45) is 2.64. The zero-order valence-electron chi connectivity index (χ0n) is 19.7. The lowest BCUT2D eigenvalue weighted by atomic mass is 9.92. The highest BCUT2D eigenvalue weighted by Gasteiger charge is 2.20. The Bertz CT molecular complexity index is 1360. The van der Waals surface area contributed by atoms with E-state index in [0.717, 1.165) is 10.9 Å². The smallest absolute Gasteiger partial charge is 0.272 e. The summed E-state index contributed by atoms with van der Waals surface area (Å²) in [5.74, 6) is 0.502. The number of anilines is 2. The van der Waals surface area contributed by atoms with Gasteiger partial charge in [0.05, 0.1) is 5.39 Å². The van der Waals surface area contributed by atoms with Crippen LogP contribution in [0.25, 0.3) is 10.8 Å². The quantitative estimate of drug-likeness (QED) is 0.241. The first-order chi connectivity index (χ1) is 17.6. The molecule has 0 saturated heterocycles. The van der Waals surface area contributed by atoms with Crippen LogP contribution in [-0.4, -0.2) is 40.1 Å². The van der Waals surface area contributed by atoms with Gasteiger partial charge in [0.15, 0.2) is 5.82 Å². The van der Waals surface area contributed by atoms with Crippen molar-refractivity contribution in [3.63, 3.8) is 0 Å². The van der Waals surface area contributed by atoms with Gasteiger partial charge in [-0.1, -0.05) is 54.6 Å². The van der Waals surface area contributed by atoms with Crippen molar-refractivity contribution in [2.45, 2.75) is 25.2 Å². The highest BCUT2D eigenvalue weighted by atomic mass is 16.2. The number of hydrogen-bond donors (Lipinski definition) is 4. The number of nitrogens with one attached hydrogen (secondary N) is 4. The summed E-state index contributed by atoms with van der Waals surface area (Å²) in [6, 6.07) is 22.1. The first kappa shape index (κ1) is 24.6. The maximum Gasteiger partial charge on any atom is 0.272 e. The molecule has 2 amide bonds. The Labute approximate surface area is 208 Å². The molecule has 0 radical (unpaired) electrons. The molecule has 36 heavy (non-hydrogen) atoms. The largest absolute Gasteiger partial charge is 0.368 e. The van der Waals surface area contributed by atoms with E-state index in [-0.39, 0.29) is 36.1 Å². The van der Waals surface area contributed by atoms with Gasteiger partial charge in [-0.25, -0.2) is 10.1 Å². The van der Waals surface area contributed by atoms with Crippen molar-refractivity contribution in [2.75, 3.05) is 23.7 Å². The summed E-state index contributed by atoms with van der Waals surface area (Å²) in [4.78, 5) is 41.3. The predicted octanol–water partition coefficient (Wildman–Crippen LogP) is 3.44.